The van der Waals surface area contributed by atoms with Crippen LogP contribution >= 0.6 is 11.6 Å². The Morgan fingerprint density at radius 1 is 1.28 bits per heavy atom. The number of fused-ring (bicyclic) bond motifs is 2. The fraction of sp³-hybridized carbons (Fsp3) is 0.500. The molecule has 1 N–H and O–H groups in total. The number of benzene rings is 1. The van der Waals surface area contributed by atoms with Gasteiger partial charge in [0.15, 0.2) is 0 Å². The van der Waals surface area contributed by atoms with Gasteiger partial charge >= 0.3 is 0 Å². The van der Waals surface area contributed by atoms with Crippen molar-refractivity contribution in [3.63, 3.8) is 0 Å². The Labute approximate surface area is 112 Å². The molecule has 2 unspecified atom stereocenters. The van der Waals surface area contributed by atoms with Crippen molar-refractivity contribution in [2.24, 2.45) is 0 Å². The van der Waals surface area contributed by atoms with Crippen LogP contribution in [-0.2, 0) is 0 Å². The summed E-state index contributed by atoms with van der Waals surface area (Å²) in [4.78, 5) is 2.32. The second-order valence-electron chi connectivity index (χ2n) is 5.19. The highest BCUT2D eigenvalue weighted by Gasteiger charge is 2.40. The van der Waals surface area contributed by atoms with Gasteiger partial charge in [0.2, 0.25) is 0 Å². The third-order valence-electron chi connectivity index (χ3n) is 4.07. The molecule has 2 bridgehead atoms. The number of nitrogens with zero attached hydrogens (tertiary/aromatic N) is 2. The summed E-state index contributed by atoms with van der Waals surface area (Å²) in [5.74, 6) is 0. The summed E-state index contributed by atoms with van der Waals surface area (Å²) in [6, 6.07) is 8.45. The number of aliphatic hydroxyl groups is 1. The van der Waals surface area contributed by atoms with E-state index in [-0.39, 0.29) is 6.10 Å². The van der Waals surface area contributed by atoms with Crippen LogP contribution in [0.5, 0.6) is 0 Å². The molecule has 0 radical (unpaired) electrons. The summed E-state index contributed by atoms with van der Waals surface area (Å²) in [6.07, 6.45) is 3.65. The molecule has 2 fully saturated rings. The molecule has 2 heterocycles. The number of anilines is 1. The number of piperidine rings is 1. The third kappa shape index (κ3) is 1.86. The minimum atomic E-state index is -0.184. The van der Waals surface area contributed by atoms with Crippen LogP contribution in [0.25, 0.3) is 0 Å². The lowest BCUT2D eigenvalue weighted by atomic mass is 9.98. The van der Waals surface area contributed by atoms with E-state index in [0.29, 0.717) is 22.7 Å². The van der Waals surface area contributed by atoms with Gasteiger partial charge in [-0.25, -0.2) is 0 Å². The zero-order chi connectivity index (χ0) is 12.7. The molecule has 0 aliphatic carbocycles. The standard InChI is InChI=1S/C14H15ClN2O/c15-10-1-4-14(9(5-10)8-16)17-11-2-3-12(17)7-13(18)6-11/h1,4-5,11-13,18H,2-3,6-7H2. The zero-order valence-corrected chi connectivity index (χ0v) is 10.8. The maximum atomic E-state index is 9.81. The summed E-state index contributed by atoms with van der Waals surface area (Å²) in [5, 5.41) is 19.6. The minimum absolute atomic E-state index is 0.184. The summed E-state index contributed by atoms with van der Waals surface area (Å²) >= 11 is 5.94. The number of hydrogen-bond donors (Lipinski definition) is 1. The molecule has 18 heavy (non-hydrogen) atoms. The normalized spacial score (nSPS) is 30.3. The first-order valence-electron chi connectivity index (χ1n) is 6.35. The van der Waals surface area contributed by atoms with Gasteiger partial charge in [-0.15, -0.1) is 0 Å². The quantitative estimate of drug-likeness (QED) is 0.847. The van der Waals surface area contributed by atoms with Gasteiger partial charge < -0.3 is 10.0 Å². The molecule has 2 aliphatic rings. The van der Waals surface area contributed by atoms with E-state index < -0.39 is 0 Å². The molecule has 0 saturated carbocycles. The first-order valence-corrected chi connectivity index (χ1v) is 6.73. The second-order valence-corrected chi connectivity index (χ2v) is 5.63. The Hall–Kier alpha value is -1.24. The molecule has 4 heteroatoms. The predicted molar refractivity (Wildman–Crippen MR) is 70.7 cm³/mol. The summed E-state index contributed by atoms with van der Waals surface area (Å²) < 4.78 is 0. The zero-order valence-electron chi connectivity index (χ0n) is 10.0. The third-order valence-corrected chi connectivity index (χ3v) is 4.30. The van der Waals surface area contributed by atoms with Crippen molar-refractivity contribution in [2.75, 3.05) is 4.90 Å². The summed E-state index contributed by atoms with van der Waals surface area (Å²) in [6.45, 7) is 0. The molecule has 1 aromatic carbocycles. The Bertz CT molecular complexity index is 497. The number of aliphatic hydroxyl groups excluding tert-OH is 1. The monoisotopic (exact) mass is 262 g/mol. The van der Waals surface area contributed by atoms with Gasteiger partial charge in [-0.1, -0.05) is 11.6 Å². The summed E-state index contributed by atoms with van der Waals surface area (Å²) in [5.41, 5.74) is 1.61. The number of hydrogen-bond acceptors (Lipinski definition) is 3. The van der Waals surface area contributed by atoms with E-state index in [1.807, 2.05) is 12.1 Å². The van der Waals surface area contributed by atoms with Crippen LogP contribution in [0.15, 0.2) is 18.2 Å². The van der Waals surface area contributed by atoms with Gasteiger partial charge in [0, 0.05) is 17.1 Å². The van der Waals surface area contributed by atoms with Crippen LogP contribution in [0.3, 0.4) is 0 Å². The van der Waals surface area contributed by atoms with E-state index in [0.717, 1.165) is 31.4 Å². The largest absolute Gasteiger partial charge is 0.393 e. The topological polar surface area (TPSA) is 47.3 Å². The predicted octanol–water partition coefficient (Wildman–Crippen LogP) is 2.70. The maximum absolute atomic E-state index is 9.81. The fourth-order valence-corrected chi connectivity index (χ4v) is 3.54. The Kier molecular flexibility index (Phi) is 2.93. The SMILES string of the molecule is N#Cc1cc(Cl)ccc1N1C2CCC1CC(O)C2. The first-order chi connectivity index (χ1) is 8.69. The van der Waals surface area contributed by atoms with E-state index in [1.54, 1.807) is 6.07 Å². The minimum Gasteiger partial charge on any atom is -0.393 e. The lowest BCUT2D eigenvalue weighted by Crippen LogP contribution is -2.45. The number of halogens is 1. The van der Waals surface area contributed by atoms with Crippen molar-refractivity contribution >= 4 is 17.3 Å². The van der Waals surface area contributed by atoms with Gasteiger partial charge in [0.25, 0.3) is 0 Å². The lowest BCUT2D eigenvalue weighted by Gasteiger charge is -2.39. The fourth-order valence-electron chi connectivity index (χ4n) is 3.36. The molecule has 2 atom stereocenters. The average Bonchev–Trinajstić information content (AvgIpc) is 2.62. The Balaban J connectivity index is 1.99. The molecule has 3 rings (SSSR count). The van der Waals surface area contributed by atoms with Crippen molar-refractivity contribution in [3.8, 4) is 6.07 Å². The highest BCUT2D eigenvalue weighted by atomic mass is 35.5. The van der Waals surface area contributed by atoms with Crippen molar-refractivity contribution in [2.45, 2.75) is 43.9 Å². The molecule has 0 spiro atoms. The highest BCUT2D eigenvalue weighted by Crippen LogP contribution is 2.40. The molecule has 0 aromatic heterocycles. The van der Waals surface area contributed by atoms with Crippen LogP contribution < -0.4 is 4.90 Å². The summed E-state index contributed by atoms with van der Waals surface area (Å²) in [7, 11) is 0. The van der Waals surface area contributed by atoms with Crippen molar-refractivity contribution < 1.29 is 5.11 Å². The smallest absolute Gasteiger partial charge is 0.101 e. The molecule has 2 saturated heterocycles. The molecule has 94 valence electrons. The van der Waals surface area contributed by atoms with Gasteiger partial charge in [-0.2, -0.15) is 5.26 Å². The van der Waals surface area contributed by atoms with Gasteiger partial charge in [-0.3, -0.25) is 0 Å². The van der Waals surface area contributed by atoms with E-state index in [2.05, 4.69) is 11.0 Å². The van der Waals surface area contributed by atoms with E-state index in [1.165, 1.54) is 0 Å². The lowest BCUT2D eigenvalue weighted by molar-refractivity contribution is 0.126. The van der Waals surface area contributed by atoms with Gasteiger partial charge in [0.1, 0.15) is 6.07 Å². The molecule has 1 aromatic rings. The average molecular weight is 263 g/mol. The van der Waals surface area contributed by atoms with Crippen LogP contribution in [0.4, 0.5) is 5.69 Å². The van der Waals surface area contributed by atoms with Gasteiger partial charge in [-0.05, 0) is 43.9 Å². The van der Waals surface area contributed by atoms with Crippen molar-refractivity contribution in [1.29, 1.82) is 5.26 Å². The number of nitriles is 1. The van der Waals surface area contributed by atoms with Crippen molar-refractivity contribution in [1.82, 2.24) is 0 Å². The molecule has 3 nitrogen and oxygen atoms in total. The first kappa shape index (κ1) is 11.8. The van der Waals surface area contributed by atoms with Crippen LogP contribution in [0, 0.1) is 11.3 Å². The van der Waals surface area contributed by atoms with Crippen LogP contribution in [0.1, 0.15) is 31.2 Å². The van der Waals surface area contributed by atoms with E-state index in [4.69, 9.17) is 11.6 Å². The van der Waals surface area contributed by atoms with Gasteiger partial charge in [0.05, 0.1) is 17.4 Å². The van der Waals surface area contributed by atoms with E-state index in [9.17, 15) is 10.4 Å². The van der Waals surface area contributed by atoms with E-state index >= 15 is 0 Å². The molecular formula is C14H15ClN2O. The second kappa shape index (κ2) is 4.46. The molecular weight excluding hydrogens is 248 g/mol. The highest BCUT2D eigenvalue weighted by molar-refractivity contribution is 6.30. The molecule has 2 aliphatic heterocycles. The Morgan fingerprint density at radius 3 is 2.56 bits per heavy atom. The van der Waals surface area contributed by atoms with Crippen LogP contribution in [-0.4, -0.2) is 23.3 Å². The molecule has 0 amide bonds. The van der Waals surface area contributed by atoms with Crippen molar-refractivity contribution in [3.05, 3.63) is 28.8 Å². The van der Waals surface area contributed by atoms with Crippen LogP contribution in [0.2, 0.25) is 5.02 Å². The number of rotatable bonds is 1. The maximum Gasteiger partial charge on any atom is 0.101 e. The Morgan fingerprint density at radius 2 is 1.94 bits per heavy atom.